The van der Waals surface area contributed by atoms with Crippen LogP contribution in [0.5, 0.6) is 0 Å². The molecule has 1 nitrogen and oxygen atoms in total. The van der Waals surface area contributed by atoms with Crippen molar-refractivity contribution in [2.24, 2.45) is 0 Å². The van der Waals surface area contributed by atoms with Crippen LogP contribution in [-0.4, -0.2) is 6.18 Å². The molecule has 0 aliphatic rings. The van der Waals surface area contributed by atoms with E-state index in [2.05, 4.69) is 11.5 Å². The third-order valence-corrected chi connectivity index (χ3v) is 0.621. The molecule has 0 amide bonds. The molecule has 0 aliphatic heterocycles. The van der Waals surface area contributed by atoms with Gasteiger partial charge in [0.2, 0.25) is 0 Å². The third-order valence-electron chi connectivity index (χ3n) is 0.621. The van der Waals surface area contributed by atoms with Gasteiger partial charge in [0.1, 0.15) is 6.26 Å². The summed E-state index contributed by atoms with van der Waals surface area (Å²) >= 11 is 0. The van der Waals surface area contributed by atoms with Gasteiger partial charge < -0.3 is 4.94 Å². The van der Waals surface area contributed by atoms with Gasteiger partial charge in [0.15, 0.2) is 0 Å². The lowest BCUT2D eigenvalue weighted by molar-refractivity contribution is -0.113. The smallest absolute Gasteiger partial charge is 0.303 e. The highest BCUT2D eigenvalue weighted by Crippen LogP contribution is 2.29. The number of halogens is 11. The quantitative estimate of drug-likeness (QED) is 0.449. The highest BCUT2D eigenvalue weighted by atomic mass is 19.4. The maximum atomic E-state index is 11.0. The fourth-order valence-corrected chi connectivity index (χ4v) is 0.107. The molecule has 0 N–H and O–H groups in total. The first kappa shape index (κ1) is 22.4. The van der Waals surface area contributed by atoms with Gasteiger partial charge >= 0.3 is 24.4 Å². The van der Waals surface area contributed by atoms with Gasteiger partial charge in [0.25, 0.3) is 5.83 Å². The Morgan fingerprint density at radius 3 is 1.05 bits per heavy atom. The maximum absolute atomic E-state index is 11.0. The Balaban J connectivity index is -0.000000222. The lowest BCUT2D eigenvalue weighted by Gasteiger charge is -1.98. The Morgan fingerprint density at radius 2 is 1.05 bits per heavy atom. The average molecular weight is 312 g/mol. The molecule has 0 aromatic heterocycles. The van der Waals surface area contributed by atoms with Crippen LogP contribution in [-0.2, 0) is 4.94 Å². The van der Waals surface area contributed by atoms with Crippen LogP contribution in [0.3, 0.4) is 0 Å². The number of rotatable bonds is 1. The maximum Gasteiger partial charge on any atom is 0.448 e. The molecule has 0 rings (SSSR count). The van der Waals surface area contributed by atoms with E-state index in [1.165, 1.54) is 0 Å². The minimum absolute atomic E-state index is 0.708. The SMILES string of the molecule is C=COF.FC(F)=C(F)C(F)(F)F.FC(F)=C(F)F. The average Bonchev–Trinajstić information content (AvgIpc) is 2.27. The fraction of sp³-hybridized carbons (Fsp3) is 0.143. The van der Waals surface area contributed by atoms with E-state index in [4.69, 9.17) is 0 Å². The first-order valence-corrected chi connectivity index (χ1v) is 3.44. The second-order valence-electron chi connectivity index (χ2n) is 1.85. The van der Waals surface area contributed by atoms with Crippen LogP contribution in [0.4, 0.5) is 48.4 Å². The van der Waals surface area contributed by atoms with Crippen LogP contribution in [0.1, 0.15) is 0 Å². The van der Waals surface area contributed by atoms with Crippen molar-refractivity contribution in [1.82, 2.24) is 0 Å². The topological polar surface area (TPSA) is 9.23 Å². The van der Waals surface area contributed by atoms with Gasteiger partial charge in [-0.2, -0.15) is 43.9 Å². The highest BCUT2D eigenvalue weighted by Gasteiger charge is 2.38. The number of hydrogen-bond acceptors (Lipinski definition) is 1. The fourth-order valence-electron chi connectivity index (χ4n) is 0.107. The summed E-state index contributed by atoms with van der Waals surface area (Å²) in [5.74, 6) is -3.33. The van der Waals surface area contributed by atoms with E-state index >= 15 is 0 Å². The van der Waals surface area contributed by atoms with Crippen LogP contribution in [0, 0.1) is 0 Å². The molecular formula is C7H3F11O. The molecular weight excluding hydrogens is 309 g/mol. The van der Waals surface area contributed by atoms with E-state index in [9.17, 15) is 48.4 Å². The molecule has 0 saturated carbocycles. The first-order chi connectivity index (χ1) is 8.41. The zero-order chi connectivity index (χ0) is 16.2. The summed E-state index contributed by atoms with van der Waals surface area (Å²) in [6.45, 7) is 2.88. The number of alkyl halides is 3. The van der Waals surface area contributed by atoms with Crippen molar-refractivity contribution in [3.8, 4) is 0 Å². The van der Waals surface area contributed by atoms with Crippen LogP contribution < -0.4 is 0 Å². The Morgan fingerprint density at radius 1 is 0.789 bits per heavy atom. The van der Waals surface area contributed by atoms with Crippen molar-refractivity contribution >= 4 is 0 Å². The van der Waals surface area contributed by atoms with Crippen molar-refractivity contribution in [3.63, 3.8) is 0 Å². The molecule has 0 unspecified atom stereocenters. The van der Waals surface area contributed by atoms with Gasteiger partial charge in [-0.15, -0.1) is 0 Å². The predicted molar refractivity (Wildman–Crippen MR) is 40.3 cm³/mol. The van der Waals surface area contributed by atoms with E-state index in [0.717, 1.165) is 0 Å². The Kier molecular flexibility index (Phi) is 13.4. The van der Waals surface area contributed by atoms with Crippen molar-refractivity contribution < 1.29 is 53.4 Å². The molecule has 19 heavy (non-hydrogen) atoms. The predicted octanol–water partition coefficient (Wildman–Crippen LogP) is 5.65. The molecule has 0 aromatic rings. The van der Waals surface area contributed by atoms with E-state index in [1.54, 1.807) is 0 Å². The van der Waals surface area contributed by atoms with Gasteiger partial charge in [-0.25, -0.2) is 0 Å². The zero-order valence-corrected chi connectivity index (χ0v) is 8.35. The minimum atomic E-state index is -5.56. The molecule has 0 aromatic carbocycles. The van der Waals surface area contributed by atoms with Gasteiger partial charge in [-0.05, 0) is 0 Å². The van der Waals surface area contributed by atoms with Crippen molar-refractivity contribution in [2.75, 3.05) is 0 Å². The molecule has 0 aliphatic carbocycles. The Labute approximate surface area is 97.7 Å². The van der Waals surface area contributed by atoms with Gasteiger partial charge in [0, 0.05) is 4.53 Å². The van der Waals surface area contributed by atoms with E-state index < -0.39 is 30.2 Å². The Hall–Kier alpha value is -1.75. The molecule has 0 spiro atoms. The summed E-state index contributed by atoms with van der Waals surface area (Å²) in [4.78, 5) is 2.81. The lowest BCUT2D eigenvalue weighted by atomic mass is 10.6. The van der Waals surface area contributed by atoms with Crippen molar-refractivity contribution in [2.45, 2.75) is 6.18 Å². The van der Waals surface area contributed by atoms with E-state index in [0.29, 0.717) is 6.26 Å². The zero-order valence-electron chi connectivity index (χ0n) is 8.35. The Bertz CT molecular complexity index is 293. The van der Waals surface area contributed by atoms with Crippen LogP contribution in [0.25, 0.3) is 0 Å². The van der Waals surface area contributed by atoms with Gasteiger partial charge in [-0.3, -0.25) is 0 Å². The largest absolute Gasteiger partial charge is 0.448 e. The normalized spacial score (nSPS) is 9.00. The second kappa shape index (κ2) is 11.3. The van der Waals surface area contributed by atoms with Gasteiger partial charge in [0.05, 0.1) is 0 Å². The van der Waals surface area contributed by atoms with Crippen LogP contribution >= 0.6 is 0 Å². The number of hydrogen-bond donors (Lipinski definition) is 0. The molecule has 0 radical (unpaired) electrons. The van der Waals surface area contributed by atoms with Crippen LogP contribution in [0.15, 0.2) is 36.9 Å². The molecule has 114 valence electrons. The summed E-state index contributed by atoms with van der Waals surface area (Å²) in [6, 6.07) is 0. The van der Waals surface area contributed by atoms with Crippen LogP contribution in [0.2, 0.25) is 0 Å². The summed E-state index contributed by atoms with van der Waals surface area (Å²) in [7, 11) is 0. The molecule has 0 heterocycles. The van der Waals surface area contributed by atoms with Crippen molar-refractivity contribution in [1.29, 1.82) is 0 Å². The van der Waals surface area contributed by atoms with Gasteiger partial charge in [-0.1, -0.05) is 6.58 Å². The molecule has 0 atom stereocenters. The van der Waals surface area contributed by atoms with Crippen molar-refractivity contribution in [3.05, 3.63) is 36.9 Å². The molecule has 12 heteroatoms. The van der Waals surface area contributed by atoms with E-state index in [-0.39, 0.29) is 0 Å². The summed E-state index contributed by atoms with van der Waals surface area (Å²) in [5, 5.41) is 0. The molecule has 0 bridgehead atoms. The first-order valence-electron chi connectivity index (χ1n) is 3.44. The standard InChI is InChI=1S/C3F6.C2F4.C2H3FO/c4-1(2(5)6)3(7,8)9;3-1(4)2(5)6;1-2-4-3/h;;2H,1H2. The number of allylic oxidation sites excluding steroid dienone is 1. The summed E-state index contributed by atoms with van der Waals surface area (Å²) in [6.07, 6.45) is -14.0. The lowest BCUT2D eigenvalue weighted by Crippen LogP contribution is -2.08. The van der Waals surface area contributed by atoms with E-state index in [1.807, 2.05) is 0 Å². The molecule has 0 saturated heterocycles. The summed E-state index contributed by atoms with van der Waals surface area (Å²) in [5.41, 5.74) is 0. The minimum Gasteiger partial charge on any atom is -0.303 e. The monoisotopic (exact) mass is 312 g/mol. The second-order valence-corrected chi connectivity index (χ2v) is 1.85. The highest BCUT2D eigenvalue weighted by molar-refractivity contribution is 4.98. The third kappa shape index (κ3) is 18.8. The molecule has 0 fully saturated rings. The summed E-state index contributed by atoms with van der Waals surface area (Å²) < 4.78 is 116.